The van der Waals surface area contributed by atoms with Crippen LogP contribution in [0.1, 0.15) is 52.8 Å². The normalized spacial score (nSPS) is 18.0. The van der Waals surface area contributed by atoms with Crippen LogP contribution in [0, 0.1) is 5.92 Å². The number of carbonyl (C=O) groups excluding carboxylic acids is 3. The van der Waals surface area contributed by atoms with E-state index in [1.165, 1.54) is 0 Å². The Morgan fingerprint density at radius 3 is 2.14 bits per heavy atom. The molecule has 5 heteroatoms. The molecule has 2 fully saturated rings. The standard InChI is InChI=1S/C24H26N2O3/c27-22-8-4-5-15-26(22)21-11-9-20(10-12-21)24(29)25-16-13-19(14-17-25)23(28)18-6-2-1-3-7-18/h1-3,6-7,9-12,19H,4-5,8,13-17H2. The summed E-state index contributed by atoms with van der Waals surface area (Å²) in [5.74, 6) is 0.301. The average molecular weight is 390 g/mol. The Morgan fingerprint density at radius 2 is 1.48 bits per heavy atom. The molecule has 2 heterocycles. The van der Waals surface area contributed by atoms with E-state index < -0.39 is 0 Å². The fourth-order valence-electron chi connectivity index (χ4n) is 4.23. The molecule has 29 heavy (non-hydrogen) atoms. The first-order valence-electron chi connectivity index (χ1n) is 10.4. The average Bonchev–Trinajstić information content (AvgIpc) is 2.79. The van der Waals surface area contributed by atoms with E-state index in [1.807, 2.05) is 47.4 Å². The Bertz CT molecular complexity index is 884. The van der Waals surface area contributed by atoms with Gasteiger partial charge in [-0.05, 0) is 49.9 Å². The van der Waals surface area contributed by atoms with E-state index in [2.05, 4.69) is 0 Å². The summed E-state index contributed by atoms with van der Waals surface area (Å²) in [7, 11) is 0. The second kappa shape index (κ2) is 8.60. The first-order valence-corrected chi connectivity index (χ1v) is 10.4. The maximum absolute atomic E-state index is 12.9. The van der Waals surface area contributed by atoms with Gasteiger partial charge < -0.3 is 9.80 Å². The number of anilines is 1. The molecular weight excluding hydrogens is 364 g/mol. The summed E-state index contributed by atoms with van der Waals surface area (Å²) in [6.07, 6.45) is 3.95. The molecule has 5 nitrogen and oxygen atoms in total. The summed E-state index contributed by atoms with van der Waals surface area (Å²) < 4.78 is 0. The van der Waals surface area contributed by atoms with Crippen molar-refractivity contribution in [3.05, 3.63) is 65.7 Å². The molecule has 0 N–H and O–H groups in total. The lowest BCUT2D eigenvalue weighted by molar-refractivity contribution is -0.119. The zero-order valence-electron chi connectivity index (χ0n) is 16.5. The van der Waals surface area contributed by atoms with Crippen molar-refractivity contribution in [3.63, 3.8) is 0 Å². The van der Waals surface area contributed by atoms with Gasteiger partial charge in [-0.15, -0.1) is 0 Å². The number of piperidine rings is 2. The molecule has 0 radical (unpaired) electrons. The molecule has 0 atom stereocenters. The molecule has 2 aliphatic rings. The molecule has 2 aliphatic heterocycles. The third-order valence-corrected chi connectivity index (χ3v) is 5.96. The maximum atomic E-state index is 12.9. The van der Waals surface area contributed by atoms with Crippen molar-refractivity contribution < 1.29 is 14.4 Å². The minimum atomic E-state index is -0.0195. The highest BCUT2D eigenvalue weighted by atomic mass is 16.2. The summed E-state index contributed by atoms with van der Waals surface area (Å²) >= 11 is 0. The van der Waals surface area contributed by atoms with Crippen LogP contribution in [0.5, 0.6) is 0 Å². The monoisotopic (exact) mass is 390 g/mol. The van der Waals surface area contributed by atoms with Crippen LogP contribution in [0.4, 0.5) is 5.69 Å². The predicted molar refractivity (Wildman–Crippen MR) is 112 cm³/mol. The number of carbonyl (C=O) groups is 3. The number of nitrogens with zero attached hydrogens (tertiary/aromatic N) is 2. The molecule has 0 bridgehead atoms. The predicted octanol–water partition coefficient (Wildman–Crippen LogP) is 3.94. The number of amides is 2. The molecule has 150 valence electrons. The third kappa shape index (κ3) is 4.24. The Kier molecular flexibility index (Phi) is 5.74. The molecule has 2 saturated heterocycles. The second-order valence-corrected chi connectivity index (χ2v) is 7.85. The quantitative estimate of drug-likeness (QED) is 0.743. The van der Waals surface area contributed by atoms with Gasteiger partial charge >= 0.3 is 0 Å². The third-order valence-electron chi connectivity index (χ3n) is 5.96. The van der Waals surface area contributed by atoms with Crippen LogP contribution >= 0.6 is 0 Å². The highest BCUT2D eigenvalue weighted by molar-refractivity contribution is 5.99. The highest BCUT2D eigenvalue weighted by Crippen LogP contribution is 2.25. The lowest BCUT2D eigenvalue weighted by atomic mass is 9.88. The minimum Gasteiger partial charge on any atom is -0.339 e. The summed E-state index contributed by atoms with van der Waals surface area (Å²) in [5.41, 5.74) is 2.24. The van der Waals surface area contributed by atoms with E-state index in [-0.39, 0.29) is 23.5 Å². The number of rotatable bonds is 4. The van der Waals surface area contributed by atoms with Crippen LogP contribution in [0.3, 0.4) is 0 Å². The van der Waals surface area contributed by atoms with E-state index in [0.29, 0.717) is 37.9 Å². The summed E-state index contributed by atoms with van der Waals surface area (Å²) in [5, 5.41) is 0. The number of hydrogen-bond donors (Lipinski definition) is 0. The molecule has 0 unspecified atom stereocenters. The van der Waals surface area contributed by atoms with Crippen molar-refractivity contribution in [3.8, 4) is 0 Å². The summed E-state index contributed by atoms with van der Waals surface area (Å²) in [6.45, 7) is 1.93. The van der Waals surface area contributed by atoms with Crippen LogP contribution in [-0.2, 0) is 4.79 Å². The van der Waals surface area contributed by atoms with Gasteiger partial charge in [-0.1, -0.05) is 30.3 Å². The maximum Gasteiger partial charge on any atom is 0.253 e. The number of ketones is 1. The van der Waals surface area contributed by atoms with Gasteiger partial charge in [0.1, 0.15) is 0 Å². The molecule has 4 rings (SSSR count). The van der Waals surface area contributed by atoms with Crippen molar-refractivity contribution in [2.75, 3.05) is 24.5 Å². The molecule has 2 aromatic rings. The lowest BCUT2D eigenvalue weighted by Crippen LogP contribution is -2.40. The lowest BCUT2D eigenvalue weighted by Gasteiger charge is -2.31. The Morgan fingerprint density at radius 1 is 0.793 bits per heavy atom. The number of likely N-dealkylation sites (tertiary alicyclic amines) is 1. The van der Waals surface area contributed by atoms with Crippen LogP contribution in [0.2, 0.25) is 0 Å². The van der Waals surface area contributed by atoms with Crippen LogP contribution in [0.15, 0.2) is 54.6 Å². The van der Waals surface area contributed by atoms with Crippen molar-refractivity contribution in [1.29, 1.82) is 0 Å². The number of benzene rings is 2. The Labute approximate surface area is 171 Å². The van der Waals surface area contributed by atoms with Gasteiger partial charge in [0, 0.05) is 48.8 Å². The molecule has 0 aromatic heterocycles. The molecule has 2 aromatic carbocycles. The van der Waals surface area contributed by atoms with Gasteiger partial charge in [-0.2, -0.15) is 0 Å². The number of hydrogen-bond acceptors (Lipinski definition) is 3. The summed E-state index contributed by atoms with van der Waals surface area (Å²) in [4.78, 5) is 41.2. The molecule has 0 aliphatic carbocycles. The van der Waals surface area contributed by atoms with E-state index >= 15 is 0 Å². The van der Waals surface area contributed by atoms with Gasteiger partial charge in [-0.3, -0.25) is 14.4 Å². The SMILES string of the molecule is O=C(c1ccccc1)C1CCN(C(=O)c2ccc(N3CCCCC3=O)cc2)CC1. The van der Waals surface area contributed by atoms with Gasteiger partial charge in [-0.25, -0.2) is 0 Å². The first-order chi connectivity index (χ1) is 14.1. The molecular formula is C24H26N2O3. The van der Waals surface area contributed by atoms with Crippen molar-refractivity contribution in [2.45, 2.75) is 32.1 Å². The topological polar surface area (TPSA) is 57.7 Å². The van der Waals surface area contributed by atoms with Crippen molar-refractivity contribution in [2.24, 2.45) is 5.92 Å². The zero-order valence-corrected chi connectivity index (χ0v) is 16.5. The molecule has 0 spiro atoms. The van der Waals surface area contributed by atoms with E-state index in [4.69, 9.17) is 0 Å². The number of Topliss-reactive ketones (excluding diaryl/α,β-unsaturated/α-hetero) is 1. The van der Waals surface area contributed by atoms with E-state index in [1.54, 1.807) is 17.0 Å². The largest absolute Gasteiger partial charge is 0.339 e. The van der Waals surface area contributed by atoms with Gasteiger partial charge in [0.2, 0.25) is 5.91 Å². The highest BCUT2D eigenvalue weighted by Gasteiger charge is 2.28. The Balaban J connectivity index is 1.36. The summed E-state index contributed by atoms with van der Waals surface area (Å²) in [6, 6.07) is 16.7. The van der Waals surface area contributed by atoms with Gasteiger partial charge in [0.15, 0.2) is 5.78 Å². The Hall–Kier alpha value is -2.95. The second-order valence-electron chi connectivity index (χ2n) is 7.85. The van der Waals surface area contributed by atoms with Crippen molar-refractivity contribution >= 4 is 23.3 Å². The fraction of sp³-hybridized carbons (Fsp3) is 0.375. The van der Waals surface area contributed by atoms with Gasteiger partial charge in [0.25, 0.3) is 5.91 Å². The van der Waals surface area contributed by atoms with E-state index in [9.17, 15) is 14.4 Å². The van der Waals surface area contributed by atoms with Crippen molar-refractivity contribution in [1.82, 2.24) is 4.90 Å². The fourth-order valence-corrected chi connectivity index (χ4v) is 4.23. The first kappa shape index (κ1) is 19.4. The van der Waals surface area contributed by atoms with Crippen LogP contribution < -0.4 is 4.90 Å². The van der Waals surface area contributed by atoms with Crippen LogP contribution in [-0.4, -0.2) is 42.1 Å². The zero-order chi connectivity index (χ0) is 20.2. The molecule has 2 amide bonds. The van der Waals surface area contributed by atoms with Gasteiger partial charge in [0.05, 0.1) is 0 Å². The van der Waals surface area contributed by atoms with Crippen LogP contribution in [0.25, 0.3) is 0 Å². The minimum absolute atomic E-state index is 0.00729. The van der Waals surface area contributed by atoms with E-state index in [0.717, 1.165) is 30.6 Å². The smallest absolute Gasteiger partial charge is 0.253 e. The molecule has 0 saturated carbocycles.